The largest absolute Gasteiger partial charge is 0.393 e. The van der Waals surface area contributed by atoms with E-state index in [1.807, 2.05) is 0 Å². The molecule has 0 aliphatic rings. The lowest BCUT2D eigenvalue weighted by Gasteiger charge is -2.33. The normalized spacial score (nSPS) is 18.9. The number of nitrogens with zero attached hydrogens (tertiary/aromatic N) is 1. The molecule has 90 valence electrons. The summed E-state index contributed by atoms with van der Waals surface area (Å²) < 4.78 is 14.2. The van der Waals surface area contributed by atoms with Crippen molar-refractivity contribution >= 4 is 15.9 Å². The second kappa shape index (κ2) is 4.77. The molecule has 0 radical (unpaired) electrons. The van der Waals surface area contributed by atoms with E-state index in [2.05, 4.69) is 20.9 Å². The highest BCUT2D eigenvalue weighted by atomic mass is 79.9. The molecule has 0 aliphatic heterocycles. The van der Waals surface area contributed by atoms with E-state index in [0.29, 0.717) is 4.60 Å². The third-order valence-electron chi connectivity index (χ3n) is 2.99. The van der Waals surface area contributed by atoms with Crippen LogP contribution in [0.15, 0.2) is 16.7 Å². The van der Waals surface area contributed by atoms with Gasteiger partial charge in [-0.15, -0.1) is 0 Å². The molecule has 1 rings (SSSR count). The maximum absolute atomic E-state index is 13.6. The van der Waals surface area contributed by atoms with Crippen LogP contribution in [0.25, 0.3) is 0 Å². The second-order valence-electron chi connectivity index (χ2n) is 4.28. The number of rotatable bonds is 3. The number of aromatic nitrogens is 1. The van der Waals surface area contributed by atoms with Crippen LogP contribution >= 0.6 is 15.9 Å². The second-order valence-corrected chi connectivity index (χ2v) is 5.09. The van der Waals surface area contributed by atoms with Gasteiger partial charge in [-0.05, 0) is 41.9 Å². The smallest absolute Gasteiger partial charge is 0.146 e. The number of aliphatic hydroxyl groups excluding tert-OH is 1. The van der Waals surface area contributed by atoms with Crippen LogP contribution in [0.3, 0.4) is 0 Å². The lowest BCUT2D eigenvalue weighted by atomic mass is 9.81. The van der Waals surface area contributed by atoms with Crippen molar-refractivity contribution < 1.29 is 9.50 Å². The van der Waals surface area contributed by atoms with Gasteiger partial charge >= 0.3 is 0 Å². The lowest BCUT2D eigenvalue weighted by Crippen LogP contribution is -2.45. The highest BCUT2D eigenvalue weighted by Crippen LogP contribution is 2.30. The molecule has 1 aromatic rings. The Hall–Kier alpha value is -0.520. The summed E-state index contributed by atoms with van der Waals surface area (Å²) in [5.41, 5.74) is 5.22. The molecule has 3 N–H and O–H groups in total. The van der Waals surface area contributed by atoms with E-state index in [9.17, 15) is 9.50 Å². The van der Waals surface area contributed by atoms with Gasteiger partial charge in [0.25, 0.3) is 0 Å². The van der Waals surface area contributed by atoms with Crippen LogP contribution in [0.4, 0.5) is 4.39 Å². The molecule has 0 aromatic carbocycles. The van der Waals surface area contributed by atoms with Crippen LogP contribution in [-0.4, -0.2) is 16.2 Å². The molecule has 0 aliphatic carbocycles. The number of nitrogens with two attached hydrogens (primary N) is 1. The fraction of sp³-hybridized carbons (Fsp3) is 0.545. The molecule has 16 heavy (non-hydrogen) atoms. The average molecular weight is 291 g/mol. The Morgan fingerprint density at radius 3 is 2.56 bits per heavy atom. The number of hydrogen-bond acceptors (Lipinski definition) is 3. The van der Waals surface area contributed by atoms with E-state index in [0.717, 1.165) is 0 Å². The Morgan fingerprint density at radius 2 is 2.06 bits per heavy atom. The minimum Gasteiger partial charge on any atom is -0.393 e. The maximum atomic E-state index is 13.6. The molecule has 0 spiro atoms. The molecule has 3 atom stereocenters. The Labute approximate surface area is 103 Å². The Morgan fingerprint density at radius 1 is 1.50 bits per heavy atom. The fourth-order valence-corrected chi connectivity index (χ4v) is 1.82. The van der Waals surface area contributed by atoms with Crippen molar-refractivity contribution in [1.82, 2.24) is 4.98 Å². The van der Waals surface area contributed by atoms with Gasteiger partial charge in [0.2, 0.25) is 0 Å². The first-order chi connectivity index (χ1) is 7.26. The summed E-state index contributed by atoms with van der Waals surface area (Å²) in [5.74, 6) is -0.760. The summed E-state index contributed by atoms with van der Waals surface area (Å²) in [5, 5.41) is 9.54. The van der Waals surface area contributed by atoms with Gasteiger partial charge in [-0.25, -0.2) is 9.37 Å². The molecule has 1 heterocycles. The van der Waals surface area contributed by atoms with Crippen molar-refractivity contribution in [3.05, 3.63) is 28.2 Å². The molecule has 0 saturated heterocycles. The van der Waals surface area contributed by atoms with Crippen LogP contribution < -0.4 is 5.73 Å². The van der Waals surface area contributed by atoms with Gasteiger partial charge in [0.15, 0.2) is 0 Å². The van der Waals surface area contributed by atoms with E-state index < -0.39 is 17.5 Å². The van der Waals surface area contributed by atoms with Crippen molar-refractivity contribution in [3.63, 3.8) is 0 Å². The van der Waals surface area contributed by atoms with Gasteiger partial charge in [0.1, 0.15) is 10.4 Å². The Bertz CT molecular complexity index is 382. The first kappa shape index (κ1) is 13.5. The van der Waals surface area contributed by atoms with E-state index in [1.165, 1.54) is 12.1 Å². The summed E-state index contributed by atoms with van der Waals surface area (Å²) in [6, 6.07) is 2.83. The van der Waals surface area contributed by atoms with E-state index in [-0.39, 0.29) is 11.6 Å². The highest BCUT2D eigenvalue weighted by Gasteiger charge is 2.35. The van der Waals surface area contributed by atoms with Gasteiger partial charge in [0.05, 0.1) is 17.3 Å². The number of halogens is 2. The quantitative estimate of drug-likeness (QED) is 0.839. The lowest BCUT2D eigenvalue weighted by molar-refractivity contribution is 0.0858. The Balaban J connectivity index is 3.20. The molecule has 0 amide bonds. The summed E-state index contributed by atoms with van der Waals surface area (Å²) in [6.07, 6.45) is -0.629. The van der Waals surface area contributed by atoms with Crippen LogP contribution in [0.5, 0.6) is 0 Å². The third-order valence-corrected chi connectivity index (χ3v) is 3.43. The topological polar surface area (TPSA) is 59.1 Å². The van der Waals surface area contributed by atoms with Crippen molar-refractivity contribution in [2.24, 2.45) is 11.7 Å². The van der Waals surface area contributed by atoms with Gasteiger partial charge in [-0.1, -0.05) is 6.92 Å². The van der Waals surface area contributed by atoms with Crippen LogP contribution in [-0.2, 0) is 5.54 Å². The molecular formula is C11H16BrFN2O. The summed E-state index contributed by atoms with van der Waals surface area (Å²) in [6.45, 7) is 5.07. The molecule has 0 unspecified atom stereocenters. The fourth-order valence-electron chi connectivity index (χ4n) is 1.51. The van der Waals surface area contributed by atoms with E-state index >= 15 is 0 Å². The number of pyridine rings is 1. The zero-order chi connectivity index (χ0) is 12.5. The molecule has 0 fully saturated rings. The van der Waals surface area contributed by atoms with Gasteiger partial charge < -0.3 is 10.8 Å². The molecule has 1 aromatic heterocycles. The molecule has 3 nitrogen and oxygen atoms in total. The van der Waals surface area contributed by atoms with E-state index in [4.69, 9.17) is 5.73 Å². The minimum absolute atomic E-state index is 0.162. The van der Waals surface area contributed by atoms with Crippen LogP contribution in [0.1, 0.15) is 26.5 Å². The first-order valence-corrected chi connectivity index (χ1v) is 5.85. The molecular weight excluding hydrogens is 275 g/mol. The van der Waals surface area contributed by atoms with Crippen LogP contribution in [0, 0.1) is 11.7 Å². The zero-order valence-electron chi connectivity index (χ0n) is 9.54. The van der Waals surface area contributed by atoms with E-state index in [1.54, 1.807) is 20.8 Å². The minimum atomic E-state index is -1.01. The van der Waals surface area contributed by atoms with Crippen LogP contribution in [0.2, 0.25) is 0 Å². The summed E-state index contributed by atoms with van der Waals surface area (Å²) in [4.78, 5) is 4.05. The average Bonchev–Trinajstić information content (AvgIpc) is 2.20. The predicted molar refractivity (Wildman–Crippen MR) is 64.3 cm³/mol. The van der Waals surface area contributed by atoms with Crippen molar-refractivity contribution in [3.8, 4) is 0 Å². The maximum Gasteiger partial charge on any atom is 0.146 e. The Kier molecular flexibility index (Phi) is 4.04. The summed E-state index contributed by atoms with van der Waals surface area (Å²) in [7, 11) is 0. The van der Waals surface area contributed by atoms with Crippen molar-refractivity contribution in [2.75, 3.05) is 0 Å². The van der Waals surface area contributed by atoms with Gasteiger partial charge in [-0.2, -0.15) is 0 Å². The van der Waals surface area contributed by atoms with Gasteiger partial charge in [0, 0.05) is 5.92 Å². The third kappa shape index (κ3) is 2.59. The number of hydrogen-bond donors (Lipinski definition) is 2. The predicted octanol–water partition coefficient (Wildman–Crippen LogP) is 2.17. The van der Waals surface area contributed by atoms with Crippen molar-refractivity contribution in [2.45, 2.75) is 32.4 Å². The molecule has 5 heteroatoms. The number of aliphatic hydroxyl groups is 1. The monoisotopic (exact) mass is 290 g/mol. The molecule has 0 saturated carbocycles. The SMILES string of the molecule is C[C@H](O)[C@@H](C)[C@@](C)(N)c1nc(Br)ccc1F. The standard InChI is InChI=1S/C11H16BrFN2O/c1-6(7(2)16)11(3,14)10-8(13)4-5-9(12)15-10/h4-7,16H,14H2,1-3H3/t6-,7+,11-/m1/s1. The highest BCUT2D eigenvalue weighted by molar-refractivity contribution is 9.10. The molecule has 0 bridgehead atoms. The first-order valence-electron chi connectivity index (χ1n) is 5.06. The zero-order valence-corrected chi connectivity index (χ0v) is 11.1. The van der Waals surface area contributed by atoms with Gasteiger partial charge in [-0.3, -0.25) is 0 Å². The summed E-state index contributed by atoms with van der Waals surface area (Å²) >= 11 is 3.18. The van der Waals surface area contributed by atoms with Crippen molar-refractivity contribution in [1.29, 1.82) is 0 Å².